The summed E-state index contributed by atoms with van der Waals surface area (Å²) in [6, 6.07) is 10.8. The number of esters is 1. The Hall–Kier alpha value is -5.09. The summed E-state index contributed by atoms with van der Waals surface area (Å²) >= 11 is 0. The first-order valence-corrected chi connectivity index (χ1v) is 19.3. The molecule has 0 saturated carbocycles. The number of anilines is 2. The number of carboxylic acids is 1. The normalized spacial score (nSPS) is 15.1. The average Bonchev–Trinajstić information content (AvgIpc) is 3.52. The number of benzene rings is 2. The SMILES string of the molecule is C=C1C[C@H]2C(=O)N(COC(=O)CCCSSc3ccccn3)c3cc(OCCCCCOc4cc(N)c(C(=O)O)cc4OC)c(OC)cc3C(=O)N2C1. The van der Waals surface area contributed by atoms with Crippen molar-refractivity contribution in [2.75, 3.05) is 57.1 Å². The van der Waals surface area contributed by atoms with Gasteiger partial charge < -0.3 is 39.4 Å². The van der Waals surface area contributed by atoms with Gasteiger partial charge in [-0.05, 0) is 61.1 Å². The third-order valence-electron chi connectivity index (χ3n) is 8.48. The van der Waals surface area contributed by atoms with E-state index in [4.69, 9.17) is 29.4 Å². The molecule has 1 aromatic heterocycles. The van der Waals surface area contributed by atoms with Crippen LogP contribution in [0.4, 0.5) is 11.4 Å². The van der Waals surface area contributed by atoms with Crippen LogP contribution in [0.2, 0.25) is 0 Å². The minimum Gasteiger partial charge on any atom is -0.493 e. The summed E-state index contributed by atoms with van der Waals surface area (Å²) in [4.78, 5) is 59.0. The number of carbonyl (C=O) groups excluding carboxylic acids is 3. The van der Waals surface area contributed by atoms with E-state index in [2.05, 4.69) is 11.6 Å². The largest absolute Gasteiger partial charge is 0.493 e. The zero-order valence-electron chi connectivity index (χ0n) is 29.5. The van der Waals surface area contributed by atoms with Gasteiger partial charge in [-0.25, -0.2) is 9.78 Å². The fourth-order valence-electron chi connectivity index (χ4n) is 5.80. The fraction of sp³-hybridized carbons (Fsp3) is 0.378. The Labute approximate surface area is 315 Å². The highest BCUT2D eigenvalue weighted by Gasteiger charge is 2.44. The lowest BCUT2D eigenvalue weighted by atomic mass is 10.1. The van der Waals surface area contributed by atoms with Crippen LogP contribution in [-0.4, -0.2) is 91.2 Å². The number of nitrogens with zero attached hydrogens (tertiary/aromatic N) is 3. The number of ether oxygens (including phenoxy) is 5. The molecular weight excluding hydrogens is 725 g/mol. The first-order valence-electron chi connectivity index (χ1n) is 16.9. The molecule has 1 fully saturated rings. The van der Waals surface area contributed by atoms with Gasteiger partial charge in [0.1, 0.15) is 11.1 Å². The molecule has 0 bridgehead atoms. The first-order chi connectivity index (χ1) is 25.6. The minimum atomic E-state index is -1.16. The second-order valence-electron chi connectivity index (χ2n) is 12.2. The molecule has 0 aliphatic carbocycles. The quantitative estimate of drug-likeness (QED) is 0.0488. The summed E-state index contributed by atoms with van der Waals surface area (Å²) in [5, 5.41) is 10.2. The molecule has 1 saturated heterocycles. The molecule has 53 heavy (non-hydrogen) atoms. The maximum absolute atomic E-state index is 13.9. The fourth-order valence-corrected chi connectivity index (χ4v) is 7.76. The predicted octanol–water partition coefficient (Wildman–Crippen LogP) is 5.85. The molecule has 0 spiro atoms. The summed E-state index contributed by atoms with van der Waals surface area (Å²) in [5.41, 5.74) is 7.11. The zero-order valence-corrected chi connectivity index (χ0v) is 31.2. The maximum atomic E-state index is 13.9. The van der Waals surface area contributed by atoms with Crippen molar-refractivity contribution in [1.29, 1.82) is 0 Å². The molecule has 282 valence electrons. The van der Waals surface area contributed by atoms with Gasteiger partial charge in [0.25, 0.3) is 11.8 Å². The van der Waals surface area contributed by atoms with Crippen molar-refractivity contribution in [2.45, 2.75) is 49.6 Å². The van der Waals surface area contributed by atoms with Crippen molar-refractivity contribution < 1.29 is 48.0 Å². The van der Waals surface area contributed by atoms with Crippen LogP contribution in [-0.2, 0) is 14.3 Å². The monoisotopic (exact) mass is 766 g/mol. The summed E-state index contributed by atoms with van der Waals surface area (Å²) in [5.74, 6) is -0.384. The number of nitrogen functional groups attached to an aromatic ring is 1. The van der Waals surface area contributed by atoms with Gasteiger partial charge in [-0.1, -0.05) is 29.0 Å². The lowest BCUT2D eigenvalue weighted by Crippen LogP contribution is -2.45. The molecular formula is C37H42N4O10S2. The number of carboxylic acid groups (broad SMARTS) is 1. The minimum absolute atomic E-state index is 0.0683. The summed E-state index contributed by atoms with van der Waals surface area (Å²) in [6.07, 6.45) is 4.79. The van der Waals surface area contributed by atoms with Crippen molar-refractivity contribution in [3.63, 3.8) is 0 Å². The Morgan fingerprint density at radius 2 is 1.70 bits per heavy atom. The predicted molar refractivity (Wildman–Crippen MR) is 201 cm³/mol. The van der Waals surface area contributed by atoms with Gasteiger partial charge in [-0.15, -0.1) is 0 Å². The Bertz CT molecular complexity index is 1830. The lowest BCUT2D eigenvalue weighted by molar-refractivity contribution is -0.144. The third-order valence-corrected chi connectivity index (χ3v) is 10.8. The Kier molecular flexibility index (Phi) is 13.7. The van der Waals surface area contributed by atoms with Crippen LogP contribution in [0.3, 0.4) is 0 Å². The van der Waals surface area contributed by atoms with E-state index in [0.717, 1.165) is 17.0 Å². The molecule has 16 heteroatoms. The number of nitrogens with two attached hydrogens (primary N) is 1. The molecule has 2 aliphatic heterocycles. The third kappa shape index (κ3) is 9.87. The van der Waals surface area contributed by atoms with E-state index >= 15 is 0 Å². The number of hydrogen-bond acceptors (Lipinski definition) is 13. The van der Waals surface area contributed by atoms with Crippen LogP contribution in [0.25, 0.3) is 0 Å². The van der Waals surface area contributed by atoms with Crippen LogP contribution < -0.4 is 29.6 Å². The molecule has 2 amide bonds. The summed E-state index contributed by atoms with van der Waals surface area (Å²) in [7, 11) is 6.01. The van der Waals surface area contributed by atoms with E-state index in [9.17, 15) is 24.3 Å². The lowest BCUT2D eigenvalue weighted by Gasteiger charge is -2.25. The second kappa shape index (κ2) is 18.6. The van der Waals surface area contributed by atoms with E-state index in [1.165, 1.54) is 46.9 Å². The summed E-state index contributed by atoms with van der Waals surface area (Å²) in [6.45, 7) is 4.50. The van der Waals surface area contributed by atoms with Crippen molar-refractivity contribution in [3.05, 3.63) is 71.9 Å². The number of rotatable bonds is 19. The Morgan fingerprint density at radius 3 is 2.38 bits per heavy atom. The molecule has 3 heterocycles. The highest BCUT2D eigenvalue weighted by Crippen LogP contribution is 2.41. The molecule has 3 aromatic rings. The first kappa shape index (κ1) is 39.1. The number of amides is 2. The number of methoxy groups -OCH3 is 2. The molecule has 2 aliphatic rings. The molecule has 0 unspecified atom stereocenters. The smallest absolute Gasteiger partial charge is 0.337 e. The van der Waals surface area contributed by atoms with Gasteiger partial charge in [0.2, 0.25) is 0 Å². The van der Waals surface area contributed by atoms with Crippen LogP contribution in [0, 0.1) is 0 Å². The van der Waals surface area contributed by atoms with Gasteiger partial charge in [0.05, 0.1) is 49.9 Å². The number of aromatic carboxylic acids is 1. The number of aromatic nitrogens is 1. The van der Waals surface area contributed by atoms with Crippen molar-refractivity contribution in [2.24, 2.45) is 0 Å². The molecule has 5 rings (SSSR count). The Balaban J connectivity index is 1.19. The number of hydrogen-bond donors (Lipinski definition) is 2. The van der Waals surface area contributed by atoms with Crippen molar-refractivity contribution in [1.82, 2.24) is 9.88 Å². The maximum Gasteiger partial charge on any atom is 0.337 e. The van der Waals surface area contributed by atoms with Gasteiger partial charge in [0, 0.05) is 43.1 Å². The van der Waals surface area contributed by atoms with E-state index in [-0.39, 0.29) is 59.8 Å². The standard InChI is InChI=1S/C37H42N4O10S2/c1-23-16-28-36(44)41(22-51-34(42)11-9-15-52-53-33-10-5-6-12-39-33)27-20-32(30(48-3)18-25(27)35(43)40(28)21-23)50-14-8-4-7-13-49-31-19-26(38)24(37(45)46)17-29(31)47-2/h5-6,10,12,17-20,28H,1,4,7-9,11,13-16,21-22,38H2,2-3H3,(H,45,46)/t28-/m0/s1. The van der Waals surface area contributed by atoms with E-state index in [0.29, 0.717) is 61.9 Å². The van der Waals surface area contributed by atoms with Crippen LogP contribution >= 0.6 is 21.6 Å². The van der Waals surface area contributed by atoms with Gasteiger partial charge >= 0.3 is 11.9 Å². The van der Waals surface area contributed by atoms with Crippen molar-refractivity contribution >= 4 is 56.7 Å². The highest BCUT2D eigenvalue weighted by atomic mass is 33.1. The zero-order chi connectivity index (χ0) is 37.9. The van der Waals surface area contributed by atoms with Crippen LogP contribution in [0.5, 0.6) is 23.0 Å². The van der Waals surface area contributed by atoms with E-state index in [1.54, 1.807) is 29.1 Å². The molecule has 3 N–H and O–H groups in total. The highest BCUT2D eigenvalue weighted by molar-refractivity contribution is 8.76. The van der Waals surface area contributed by atoms with E-state index in [1.807, 2.05) is 18.2 Å². The molecule has 2 aromatic carbocycles. The summed E-state index contributed by atoms with van der Waals surface area (Å²) < 4.78 is 28.4. The Morgan fingerprint density at radius 1 is 0.981 bits per heavy atom. The van der Waals surface area contributed by atoms with Gasteiger partial charge in [0.15, 0.2) is 29.7 Å². The van der Waals surface area contributed by atoms with Gasteiger partial charge in [-0.3, -0.25) is 19.3 Å². The number of unbranched alkanes of at least 4 members (excludes halogenated alkanes) is 2. The van der Waals surface area contributed by atoms with Crippen LogP contribution in [0.1, 0.15) is 59.2 Å². The van der Waals surface area contributed by atoms with Crippen molar-refractivity contribution in [3.8, 4) is 23.0 Å². The number of fused-ring (bicyclic) bond motifs is 2. The average molecular weight is 767 g/mol. The number of carbonyl (C=O) groups is 4. The second-order valence-corrected chi connectivity index (χ2v) is 14.6. The molecule has 14 nitrogen and oxygen atoms in total. The molecule has 0 radical (unpaired) electrons. The topological polar surface area (TPSA) is 180 Å². The van der Waals surface area contributed by atoms with Gasteiger partial charge in [-0.2, -0.15) is 0 Å². The van der Waals surface area contributed by atoms with E-state index < -0.39 is 18.0 Å². The molecule has 1 atom stereocenters. The van der Waals surface area contributed by atoms with Crippen LogP contribution in [0.15, 0.2) is 65.8 Å². The number of pyridine rings is 1.